The molecule has 28 heavy (non-hydrogen) atoms. The fraction of sp³-hybridized carbons (Fsp3) is 0. The molecule has 5 nitrogen and oxygen atoms in total. The SMILES string of the molecule is O=C1NN(c2ccc(F)cc2)C(=O)C1=Cc1ccc(-c2ccc(Cl)c(Cl)c2)o1. The summed E-state index contributed by atoms with van der Waals surface area (Å²) in [5.41, 5.74) is 3.39. The fourth-order valence-electron chi connectivity index (χ4n) is 2.71. The summed E-state index contributed by atoms with van der Waals surface area (Å²) in [6, 6.07) is 13.6. The summed E-state index contributed by atoms with van der Waals surface area (Å²) in [5.74, 6) is -0.763. The number of amides is 2. The summed E-state index contributed by atoms with van der Waals surface area (Å²) in [5, 5.41) is 1.86. The second kappa shape index (κ2) is 7.14. The van der Waals surface area contributed by atoms with Crippen molar-refractivity contribution in [3.05, 3.63) is 81.8 Å². The number of benzene rings is 2. The number of halogens is 3. The van der Waals surface area contributed by atoms with E-state index >= 15 is 0 Å². The summed E-state index contributed by atoms with van der Waals surface area (Å²) in [6.07, 6.45) is 1.35. The Kier molecular flexibility index (Phi) is 4.66. The molecule has 4 rings (SSSR count). The van der Waals surface area contributed by atoms with E-state index in [2.05, 4.69) is 5.43 Å². The number of furan rings is 1. The van der Waals surface area contributed by atoms with Crippen LogP contribution in [0.15, 0.2) is 64.6 Å². The quantitative estimate of drug-likeness (QED) is 0.490. The van der Waals surface area contributed by atoms with Crippen LogP contribution in [0.5, 0.6) is 0 Å². The van der Waals surface area contributed by atoms with E-state index in [1.54, 1.807) is 30.3 Å². The van der Waals surface area contributed by atoms with Gasteiger partial charge in [-0.05, 0) is 60.7 Å². The number of carbonyl (C=O) groups is 2. The maximum Gasteiger partial charge on any atom is 0.282 e. The zero-order valence-electron chi connectivity index (χ0n) is 14.1. The number of nitrogens with one attached hydrogen (secondary N) is 1. The van der Waals surface area contributed by atoms with Crippen LogP contribution in [0.25, 0.3) is 17.4 Å². The molecule has 2 aromatic carbocycles. The second-order valence-electron chi connectivity index (χ2n) is 5.95. The van der Waals surface area contributed by atoms with Crippen LogP contribution in [0.4, 0.5) is 10.1 Å². The molecule has 0 radical (unpaired) electrons. The predicted octanol–water partition coefficient (Wildman–Crippen LogP) is 4.85. The Morgan fingerprint density at radius 3 is 2.43 bits per heavy atom. The van der Waals surface area contributed by atoms with Gasteiger partial charge in [-0.25, -0.2) is 9.40 Å². The van der Waals surface area contributed by atoms with Crippen molar-refractivity contribution in [2.45, 2.75) is 0 Å². The topological polar surface area (TPSA) is 62.6 Å². The summed E-state index contributed by atoms with van der Waals surface area (Å²) in [4.78, 5) is 24.8. The average molecular weight is 417 g/mol. The first kappa shape index (κ1) is 18.3. The lowest BCUT2D eigenvalue weighted by Crippen LogP contribution is -2.35. The van der Waals surface area contributed by atoms with Crippen molar-refractivity contribution >= 4 is 46.8 Å². The van der Waals surface area contributed by atoms with E-state index in [0.717, 1.165) is 5.01 Å². The Morgan fingerprint density at radius 1 is 0.964 bits per heavy atom. The third kappa shape index (κ3) is 3.40. The minimum atomic E-state index is -0.582. The molecule has 1 saturated heterocycles. The molecule has 0 spiro atoms. The lowest BCUT2D eigenvalue weighted by molar-refractivity contribution is -0.117. The van der Waals surface area contributed by atoms with Crippen LogP contribution < -0.4 is 10.4 Å². The van der Waals surface area contributed by atoms with E-state index < -0.39 is 17.6 Å². The second-order valence-corrected chi connectivity index (χ2v) is 6.76. The van der Waals surface area contributed by atoms with Gasteiger partial charge < -0.3 is 4.42 Å². The van der Waals surface area contributed by atoms with Gasteiger partial charge in [0.25, 0.3) is 11.8 Å². The molecule has 0 aliphatic carbocycles. The summed E-state index contributed by atoms with van der Waals surface area (Å²) < 4.78 is 18.8. The van der Waals surface area contributed by atoms with Gasteiger partial charge in [-0.15, -0.1) is 0 Å². The first-order chi connectivity index (χ1) is 13.4. The Labute approximate surface area is 168 Å². The van der Waals surface area contributed by atoms with Crippen LogP contribution in [-0.2, 0) is 9.59 Å². The number of nitrogens with zero attached hydrogens (tertiary/aromatic N) is 1. The molecule has 1 N–H and O–H groups in total. The van der Waals surface area contributed by atoms with Gasteiger partial charge in [0.1, 0.15) is 22.9 Å². The van der Waals surface area contributed by atoms with Gasteiger partial charge in [0.15, 0.2) is 0 Å². The van der Waals surface area contributed by atoms with Crippen LogP contribution in [0, 0.1) is 5.82 Å². The third-order valence-electron chi connectivity index (χ3n) is 4.09. The zero-order valence-corrected chi connectivity index (χ0v) is 15.6. The summed E-state index contributed by atoms with van der Waals surface area (Å²) in [7, 11) is 0. The van der Waals surface area contributed by atoms with Crippen molar-refractivity contribution in [3.8, 4) is 11.3 Å². The number of rotatable bonds is 3. The molecule has 140 valence electrons. The first-order valence-corrected chi connectivity index (χ1v) is 8.86. The predicted molar refractivity (Wildman–Crippen MR) is 104 cm³/mol. The van der Waals surface area contributed by atoms with Crippen molar-refractivity contribution in [1.82, 2.24) is 5.43 Å². The number of carbonyl (C=O) groups excluding carboxylic acids is 2. The molecule has 2 heterocycles. The average Bonchev–Trinajstić information content (AvgIpc) is 3.25. The van der Waals surface area contributed by atoms with Crippen molar-refractivity contribution in [1.29, 1.82) is 0 Å². The molecule has 8 heteroatoms. The van der Waals surface area contributed by atoms with Crippen LogP contribution in [0.1, 0.15) is 5.76 Å². The highest BCUT2D eigenvalue weighted by Crippen LogP contribution is 2.30. The molecule has 1 aliphatic rings. The molecular formula is C20H11Cl2FN2O3. The van der Waals surface area contributed by atoms with E-state index in [-0.39, 0.29) is 5.57 Å². The van der Waals surface area contributed by atoms with Gasteiger partial charge in [0.2, 0.25) is 0 Å². The molecular weight excluding hydrogens is 406 g/mol. The molecule has 0 atom stereocenters. The maximum atomic E-state index is 13.1. The molecule has 1 aromatic heterocycles. The molecule has 1 aliphatic heterocycles. The first-order valence-electron chi connectivity index (χ1n) is 8.10. The Morgan fingerprint density at radius 2 is 1.71 bits per heavy atom. The number of hydrazine groups is 1. The molecule has 0 bridgehead atoms. The van der Waals surface area contributed by atoms with Gasteiger partial charge in [0.05, 0.1) is 15.7 Å². The van der Waals surface area contributed by atoms with Gasteiger partial charge in [-0.1, -0.05) is 23.2 Å². The van der Waals surface area contributed by atoms with E-state index in [0.29, 0.717) is 32.8 Å². The Balaban J connectivity index is 1.61. The highest BCUT2D eigenvalue weighted by atomic mass is 35.5. The van der Waals surface area contributed by atoms with Gasteiger partial charge in [-0.2, -0.15) is 0 Å². The van der Waals surface area contributed by atoms with Crippen molar-refractivity contribution in [3.63, 3.8) is 0 Å². The van der Waals surface area contributed by atoms with Crippen molar-refractivity contribution < 1.29 is 18.4 Å². The van der Waals surface area contributed by atoms with Crippen LogP contribution in [0.3, 0.4) is 0 Å². The smallest absolute Gasteiger partial charge is 0.282 e. The van der Waals surface area contributed by atoms with Crippen LogP contribution in [-0.4, -0.2) is 11.8 Å². The van der Waals surface area contributed by atoms with Crippen molar-refractivity contribution in [2.75, 3.05) is 5.01 Å². The molecule has 2 amide bonds. The summed E-state index contributed by atoms with van der Waals surface area (Å²) >= 11 is 11.9. The third-order valence-corrected chi connectivity index (χ3v) is 4.83. The highest BCUT2D eigenvalue weighted by Gasteiger charge is 2.34. The number of anilines is 1. The van der Waals surface area contributed by atoms with Gasteiger partial charge in [-0.3, -0.25) is 15.0 Å². The molecule has 0 unspecified atom stereocenters. The highest BCUT2D eigenvalue weighted by molar-refractivity contribution is 6.42. The van der Waals surface area contributed by atoms with E-state index in [9.17, 15) is 14.0 Å². The molecule has 3 aromatic rings. The molecule has 1 fully saturated rings. The number of hydrogen-bond donors (Lipinski definition) is 1. The van der Waals surface area contributed by atoms with Crippen molar-refractivity contribution in [2.24, 2.45) is 0 Å². The zero-order chi connectivity index (χ0) is 19.8. The van der Waals surface area contributed by atoms with Crippen LogP contribution >= 0.6 is 23.2 Å². The summed E-state index contributed by atoms with van der Waals surface area (Å²) in [6.45, 7) is 0. The van der Waals surface area contributed by atoms with Gasteiger partial charge >= 0.3 is 0 Å². The Hall–Kier alpha value is -3.09. The molecule has 0 saturated carbocycles. The van der Waals surface area contributed by atoms with Gasteiger partial charge in [0, 0.05) is 5.56 Å². The van der Waals surface area contributed by atoms with Crippen LogP contribution in [0.2, 0.25) is 10.0 Å². The lowest BCUT2D eigenvalue weighted by Gasteiger charge is -2.14. The Bertz CT molecular complexity index is 1120. The lowest BCUT2D eigenvalue weighted by atomic mass is 10.2. The normalized spacial score (nSPS) is 15.4. The van der Waals surface area contributed by atoms with E-state index in [4.69, 9.17) is 27.6 Å². The number of hydrogen-bond acceptors (Lipinski definition) is 3. The largest absolute Gasteiger partial charge is 0.457 e. The fourth-order valence-corrected chi connectivity index (χ4v) is 3.00. The maximum absolute atomic E-state index is 13.1. The van der Waals surface area contributed by atoms with E-state index in [1.165, 1.54) is 30.3 Å². The monoisotopic (exact) mass is 416 g/mol. The standard InChI is InChI=1S/C20H11Cl2FN2O3/c21-16-7-1-11(9-17(16)22)18-8-6-14(28-18)10-15-19(26)24-25(20(15)27)13-4-2-12(23)3-5-13/h1-10H,(H,24,26). The van der Waals surface area contributed by atoms with E-state index in [1.807, 2.05) is 0 Å². The minimum absolute atomic E-state index is 0.0978. The minimum Gasteiger partial charge on any atom is -0.457 e.